The summed E-state index contributed by atoms with van der Waals surface area (Å²) in [5, 5.41) is 11.0. The van der Waals surface area contributed by atoms with Crippen molar-refractivity contribution in [1.82, 2.24) is 14.5 Å². The van der Waals surface area contributed by atoms with Crippen LogP contribution >= 0.6 is 0 Å². The largest absolute Gasteiger partial charge is 0.352 e. The molecule has 1 fully saturated rings. The van der Waals surface area contributed by atoms with Gasteiger partial charge in [-0.25, -0.2) is 8.42 Å². The maximum atomic E-state index is 12.9. The van der Waals surface area contributed by atoms with E-state index in [1.54, 1.807) is 12.1 Å². The number of amides is 1. The Balaban J connectivity index is 1.63. The molecule has 0 saturated carbocycles. The molecular formula is C19H25N5O3S. The predicted molar refractivity (Wildman–Crippen MR) is 108 cm³/mol. The summed E-state index contributed by atoms with van der Waals surface area (Å²) in [5.41, 5.74) is 1.44. The van der Waals surface area contributed by atoms with Gasteiger partial charge in [-0.15, -0.1) is 5.10 Å². The number of benzene rings is 1. The van der Waals surface area contributed by atoms with E-state index < -0.39 is 10.0 Å². The molecule has 2 aromatic rings. The molecule has 0 bridgehead atoms. The molecule has 0 radical (unpaired) electrons. The van der Waals surface area contributed by atoms with E-state index >= 15 is 0 Å². The van der Waals surface area contributed by atoms with Gasteiger partial charge in [-0.3, -0.25) is 4.79 Å². The second kappa shape index (κ2) is 8.66. The molecule has 1 amide bonds. The quantitative estimate of drug-likeness (QED) is 0.793. The maximum Gasteiger partial charge on any atom is 0.243 e. The highest BCUT2D eigenvalue weighted by Gasteiger charge is 2.29. The predicted octanol–water partition coefficient (Wildman–Crippen LogP) is 2.03. The Morgan fingerprint density at radius 1 is 1.04 bits per heavy atom. The lowest BCUT2D eigenvalue weighted by Gasteiger charge is -2.34. The number of anilines is 2. The minimum absolute atomic E-state index is 0.0755. The van der Waals surface area contributed by atoms with E-state index in [1.165, 1.54) is 16.4 Å². The summed E-state index contributed by atoms with van der Waals surface area (Å²) < 4.78 is 27.3. The third kappa shape index (κ3) is 4.66. The van der Waals surface area contributed by atoms with Gasteiger partial charge in [0.05, 0.1) is 10.6 Å². The van der Waals surface area contributed by atoms with E-state index in [0.717, 1.165) is 17.9 Å². The number of aromatic nitrogens is 2. The van der Waals surface area contributed by atoms with Crippen molar-refractivity contribution in [2.45, 2.75) is 31.6 Å². The van der Waals surface area contributed by atoms with Crippen LogP contribution in [0, 0.1) is 6.92 Å². The summed E-state index contributed by atoms with van der Waals surface area (Å²) in [6.45, 7) is 5.69. The van der Waals surface area contributed by atoms with Crippen LogP contribution in [0.15, 0.2) is 41.3 Å². The van der Waals surface area contributed by atoms with Crippen molar-refractivity contribution in [3.05, 3.63) is 42.1 Å². The van der Waals surface area contributed by atoms with E-state index in [-0.39, 0.29) is 10.8 Å². The topological polar surface area (TPSA) is 95.5 Å². The monoisotopic (exact) mass is 403 g/mol. The first kappa shape index (κ1) is 20.2. The molecule has 9 heteroatoms. The van der Waals surface area contributed by atoms with Crippen LogP contribution in [-0.2, 0) is 14.8 Å². The first-order chi connectivity index (χ1) is 13.4. The van der Waals surface area contributed by atoms with Crippen LogP contribution in [0.1, 0.15) is 25.5 Å². The van der Waals surface area contributed by atoms with Gasteiger partial charge >= 0.3 is 0 Å². The molecule has 1 aliphatic rings. The summed E-state index contributed by atoms with van der Waals surface area (Å²) >= 11 is 0. The van der Waals surface area contributed by atoms with Crippen LogP contribution in [0.2, 0.25) is 0 Å². The van der Waals surface area contributed by atoms with Crippen LogP contribution in [0.3, 0.4) is 0 Å². The Kier molecular flexibility index (Phi) is 6.25. The molecule has 1 aromatic carbocycles. The molecule has 1 N–H and O–H groups in total. The lowest BCUT2D eigenvalue weighted by molar-refractivity contribution is -0.116. The van der Waals surface area contributed by atoms with E-state index in [0.29, 0.717) is 38.3 Å². The van der Waals surface area contributed by atoms with Gasteiger partial charge in [0.15, 0.2) is 5.82 Å². The number of hydrogen-bond acceptors (Lipinski definition) is 6. The molecule has 8 nitrogen and oxygen atoms in total. The van der Waals surface area contributed by atoms with Crippen molar-refractivity contribution in [3.8, 4) is 0 Å². The number of carbonyl (C=O) groups is 1. The Morgan fingerprint density at radius 3 is 2.29 bits per heavy atom. The lowest BCUT2D eigenvalue weighted by atomic mass is 10.3. The van der Waals surface area contributed by atoms with Gasteiger partial charge < -0.3 is 10.2 Å². The smallest absolute Gasteiger partial charge is 0.243 e. The highest BCUT2D eigenvalue weighted by atomic mass is 32.2. The highest BCUT2D eigenvalue weighted by Crippen LogP contribution is 2.21. The summed E-state index contributed by atoms with van der Waals surface area (Å²) in [5.74, 6) is 0.684. The molecule has 3 rings (SSSR count). The second-order valence-electron chi connectivity index (χ2n) is 6.75. The zero-order valence-corrected chi connectivity index (χ0v) is 16.9. The fourth-order valence-corrected chi connectivity index (χ4v) is 4.45. The maximum absolute atomic E-state index is 12.9. The molecule has 1 saturated heterocycles. The summed E-state index contributed by atoms with van der Waals surface area (Å²) in [7, 11) is -3.57. The Bertz CT molecular complexity index is 906. The third-order valence-corrected chi connectivity index (χ3v) is 6.51. The van der Waals surface area contributed by atoms with Crippen LogP contribution < -0.4 is 10.2 Å². The van der Waals surface area contributed by atoms with Crippen molar-refractivity contribution < 1.29 is 13.2 Å². The first-order valence-corrected chi connectivity index (χ1v) is 10.8. The van der Waals surface area contributed by atoms with Crippen LogP contribution in [0.5, 0.6) is 0 Å². The molecule has 1 aromatic heterocycles. The molecule has 0 unspecified atom stereocenters. The van der Waals surface area contributed by atoms with Gasteiger partial charge in [0.2, 0.25) is 15.9 Å². The van der Waals surface area contributed by atoms with E-state index in [4.69, 9.17) is 0 Å². The molecule has 2 heterocycles. The van der Waals surface area contributed by atoms with Crippen molar-refractivity contribution >= 4 is 27.4 Å². The first-order valence-electron chi connectivity index (χ1n) is 9.35. The number of hydrogen-bond donors (Lipinski definition) is 1. The Hall–Kier alpha value is -2.52. The zero-order chi connectivity index (χ0) is 20.1. The van der Waals surface area contributed by atoms with Gasteiger partial charge in [0.25, 0.3) is 0 Å². The molecule has 0 aliphatic carbocycles. The van der Waals surface area contributed by atoms with E-state index in [9.17, 15) is 13.2 Å². The van der Waals surface area contributed by atoms with Crippen LogP contribution in [0.4, 0.5) is 11.5 Å². The van der Waals surface area contributed by atoms with Crippen LogP contribution in [0.25, 0.3) is 0 Å². The van der Waals surface area contributed by atoms with Gasteiger partial charge in [-0.2, -0.15) is 9.40 Å². The molecule has 1 aliphatic heterocycles. The number of nitrogens with one attached hydrogen (secondary N) is 1. The Morgan fingerprint density at radius 2 is 1.71 bits per heavy atom. The van der Waals surface area contributed by atoms with E-state index in [1.807, 2.05) is 30.9 Å². The molecule has 0 spiro atoms. The van der Waals surface area contributed by atoms with Gasteiger partial charge in [0.1, 0.15) is 0 Å². The Labute approximate surface area is 165 Å². The SMILES string of the molecule is CCCC(=O)Nc1ccc(S(=O)(=O)N2CCN(c3ccc(C)nn3)CC2)cc1. The third-order valence-electron chi connectivity index (χ3n) is 4.60. The van der Waals surface area contributed by atoms with Gasteiger partial charge in [0, 0.05) is 38.3 Å². The fraction of sp³-hybridized carbons (Fsp3) is 0.421. The number of sulfonamides is 1. The highest BCUT2D eigenvalue weighted by molar-refractivity contribution is 7.89. The molecular weight excluding hydrogens is 378 g/mol. The minimum Gasteiger partial charge on any atom is -0.352 e. The fourth-order valence-electron chi connectivity index (χ4n) is 3.03. The number of carbonyl (C=O) groups excluding carboxylic acids is 1. The average molecular weight is 404 g/mol. The van der Waals surface area contributed by atoms with Crippen molar-refractivity contribution in [3.63, 3.8) is 0 Å². The van der Waals surface area contributed by atoms with E-state index in [2.05, 4.69) is 15.5 Å². The minimum atomic E-state index is -3.57. The van der Waals surface area contributed by atoms with Crippen LogP contribution in [-0.4, -0.2) is 55.0 Å². The standard InChI is InChI=1S/C19H25N5O3S/c1-3-4-19(25)20-16-6-8-17(9-7-16)28(26,27)24-13-11-23(12-14-24)18-10-5-15(2)21-22-18/h5-10H,3-4,11-14H2,1-2H3,(H,20,25). The number of rotatable bonds is 6. The molecule has 28 heavy (non-hydrogen) atoms. The molecule has 0 atom stereocenters. The normalized spacial score (nSPS) is 15.4. The summed E-state index contributed by atoms with van der Waals surface area (Å²) in [4.78, 5) is 13.9. The van der Waals surface area contributed by atoms with Crippen molar-refractivity contribution in [1.29, 1.82) is 0 Å². The van der Waals surface area contributed by atoms with Crippen molar-refractivity contribution in [2.24, 2.45) is 0 Å². The second-order valence-corrected chi connectivity index (χ2v) is 8.68. The molecule has 150 valence electrons. The van der Waals surface area contributed by atoms with Gasteiger partial charge in [-0.1, -0.05) is 6.92 Å². The number of aryl methyl sites for hydroxylation is 1. The number of nitrogens with zero attached hydrogens (tertiary/aromatic N) is 4. The zero-order valence-electron chi connectivity index (χ0n) is 16.1. The summed E-state index contributed by atoms with van der Waals surface area (Å²) in [6.07, 6.45) is 1.20. The lowest BCUT2D eigenvalue weighted by Crippen LogP contribution is -2.49. The van der Waals surface area contributed by atoms with Crippen molar-refractivity contribution in [2.75, 3.05) is 36.4 Å². The summed E-state index contributed by atoms with van der Waals surface area (Å²) in [6, 6.07) is 10.1. The number of piperazine rings is 1. The van der Waals surface area contributed by atoms with Gasteiger partial charge in [-0.05, 0) is 49.7 Å². The average Bonchev–Trinajstić information content (AvgIpc) is 2.69.